The third-order valence-electron chi connectivity index (χ3n) is 4.95. The number of fused-ring (bicyclic) bond motifs is 1. The topological polar surface area (TPSA) is 49.4 Å². The second kappa shape index (κ2) is 7.96. The summed E-state index contributed by atoms with van der Waals surface area (Å²) in [6.07, 6.45) is 1.15. The minimum absolute atomic E-state index is 0.00140. The zero-order valence-electron chi connectivity index (χ0n) is 14.9. The van der Waals surface area contributed by atoms with Crippen LogP contribution >= 0.6 is 11.8 Å². The lowest BCUT2D eigenvalue weighted by molar-refractivity contribution is -0.137. The first-order valence-electron chi connectivity index (χ1n) is 8.87. The van der Waals surface area contributed by atoms with Crippen LogP contribution < -0.4 is 5.32 Å². The maximum absolute atomic E-state index is 12.9. The van der Waals surface area contributed by atoms with Crippen molar-refractivity contribution in [2.75, 3.05) is 13.6 Å². The molecule has 1 aromatic carbocycles. The van der Waals surface area contributed by atoms with Crippen molar-refractivity contribution in [3.05, 3.63) is 40.3 Å². The molecule has 2 fully saturated rings. The van der Waals surface area contributed by atoms with Gasteiger partial charge in [0.1, 0.15) is 6.54 Å². The molecule has 1 aliphatic heterocycles. The van der Waals surface area contributed by atoms with Gasteiger partial charge in [-0.2, -0.15) is 13.2 Å². The average molecular weight is 398 g/mol. The van der Waals surface area contributed by atoms with Gasteiger partial charge in [-0.15, -0.1) is 11.8 Å². The van der Waals surface area contributed by atoms with Crippen LogP contribution in [0.3, 0.4) is 0 Å². The molecule has 1 aliphatic carbocycles. The normalized spacial score (nSPS) is 24.7. The predicted molar refractivity (Wildman–Crippen MR) is 98.8 cm³/mol. The Labute approximate surface area is 160 Å². The molecule has 8 heteroatoms. The summed E-state index contributed by atoms with van der Waals surface area (Å²) < 4.78 is 38.1. The van der Waals surface area contributed by atoms with E-state index in [2.05, 4.69) is 5.32 Å². The van der Waals surface area contributed by atoms with Gasteiger partial charge >= 0.3 is 6.18 Å². The van der Waals surface area contributed by atoms with E-state index in [1.165, 1.54) is 30.9 Å². The molecule has 3 rings (SSSR count). The van der Waals surface area contributed by atoms with Gasteiger partial charge in [0.15, 0.2) is 0 Å². The molecule has 1 aromatic rings. The van der Waals surface area contributed by atoms with Gasteiger partial charge in [0, 0.05) is 18.3 Å². The molecule has 27 heavy (non-hydrogen) atoms. The number of hydrogen-bond acceptors (Lipinski definition) is 3. The van der Waals surface area contributed by atoms with Gasteiger partial charge in [0.2, 0.25) is 5.91 Å². The third kappa shape index (κ3) is 4.48. The van der Waals surface area contributed by atoms with Crippen LogP contribution in [0.4, 0.5) is 13.2 Å². The van der Waals surface area contributed by atoms with E-state index in [4.69, 9.17) is 0 Å². The molecule has 0 spiro atoms. The maximum Gasteiger partial charge on any atom is 0.416 e. The standard InChI is InChI=1S/C19H21F3N2O2S/c1-23-17(25)11-24-14-4-2-3-5-15(14)27-16(18(24)26)10-12-6-8-13(9-7-12)19(20,21)22/h6-10,14-15H,2-5,11H2,1H3,(H,23,25)/b16-10+. The molecule has 146 valence electrons. The molecule has 1 saturated carbocycles. The number of amides is 2. The molecular formula is C19H21F3N2O2S. The molecule has 2 amide bonds. The quantitative estimate of drug-likeness (QED) is 0.791. The first-order valence-corrected chi connectivity index (χ1v) is 9.74. The van der Waals surface area contributed by atoms with Gasteiger partial charge in [0.05, 0.1) is 10.5 Å². The zero-order valence-corrected chi connectivity index (χ0v) is 15.7. The summed E-state index contributed by atoms with van der Waals surface area (Å²) in [6, 6.07) is 4.77. The second-order valence-corrected chi connectivity index (χ2v) is 8.02. The van der Waals surface area contributed by atoms with Crippen LogP contribution in [0.15, 0.2) is 29.2 Å². The van der Waals surface area contributed by atoms with Crippen molar-refractivity contribution >= 4 is 29.7 Å². The summed E-state index contributed by atoms with van der Waals surface area (Å²) in [7, 11) is 1.53. The number of thioether (sulfide) groups is 1. The molecule has 2 atom stereocenters. The number of nitrogens with one attached hydrogen (secondary N) is 1. The summed E-state index contributed by atoms with van der Waals surface area (Å²) in [4.78, 5) is 26.9. The molecule has 2 aliphatic rings. The van der Waals surface area contributed by atoms with Gasteiger partial charge in [0.25, 0.3) is 5.91 Å². The molecule has 0 bridgehead atoms. The summed E-state index contributed by atoms with van der Waals surface area (Å²) in [6.45, 7) is 0.00140. The van der Waals surface area contributed by atoms with Gasteiger partial charge in [-0.1, -0.05) is 25.0 Å². The predicted octanol–water partition coefficient (Wildman–Crippen LogP) is 3.68. The minimum atomic E-state index is -4.39. The molecule has 1 heterocycles. The number of rotatable bonds is 3. The highest BCUT2D eigenvalue weighted by Gasteiger charge is 2.41. The molecule has 2 unspecified atom stereocenters. The molecule has 0 radical (unpaired) electrons. The van der Waals surface area contributed by atoms with Crippen LogP contribution in [0.1, 0.15) is 36.8 Å². The highest BCUT2D eigenvalue weighted by atomic mass is 32.2. The highest BCUT2D eigenvalue weighted by Crippen LogP contribution is 2.42. The number of alkyl halides is 3. The van der Waals surface area contributed by atoms with Crippen molar-refractivity contribution in [1.82, 2.24) is 10.2 Å². The fourth-order valence-corrected chi connectivity index (χ4v) is 4.99. The van der Waals surface area contributed by atoms with E-state index in [1.54, 1.807) is 11.0 Å². The summed E-state index contributed by atoms with van der Waals surface area (Å²) in [5.41, 5.74) is -0.186. The van der Waals surface area contributed by atoms with Crippen LogP contribution in [0, 0.1) is 0 Å². The number of benzene rings is 1. The van der Waals surface area contributed by atoms with E-state index < -0.39 is 11.7 Å². The van der Waals surface area contributed by atoms with Crippen molar-refractivity contribution in [2.24, 2.45) is 0 Å². The SMILES string of the molecule is CNC(=O)CN1C(=O)/C(=C\c2ccc(C(F)(F)F)cc2)SC2CCCCC21. The summed E-state index contributed by atoms with van der Waals surface area (Å²) >= 11 is 1.48. The first-order chi connectivity index (χ1) is 12.8. The number of likely N-dealkylation sites (N-methyl/N-ethyl adjacent to an activating group) is 1. The van der Waals surface area contributed by atoms with Crippen molar-refractivity contribution in [1.29, 1.82) is 0 Å². The summed E-state index contributed by atoms with van der Waals surface area (Å²) in [5.74, 6) is -0.458. The monoisotopic (exact) mass is 398 g/mol. The average Bonchev–Trinajstić information content (AvgIpc) is 2.64. The lowest BCUT2D eigenvalue weighted by Gasteiger charge is -2.43. The van der Waals surface area contributed by atoms with Gasteiger partial charge in [-0.05, 0) is 36.6 Å². The van der Waals surface area contributed by atoms with Crippen LogP contribution in [0.2, 0.25) is 0 Å². The smallest absolute Gasteiger partial charge is 0.358 e. The Morgan fingerprint density at radius 3 is 2.56 bits per heavy atom. The van der Waals surface area contributed by atoms with Crippen molar-refractivity contribution in [3.63, 3.8) is 0 Å². The van der Waals surface area contributed by atoms with E-state index in [0.29, 0.717) is 10.5 Å². The summed E-state index contributed by atoms with van der Waals surface area (Å²) in [5, 5.41) is 2.76. The Bertz CT molecular complexity index is 746. The minimum Gasteiger partial charge on any atom is -0.358 e. The van der Waals surface area contributed by atoms with Crippen LogP contribution in [0.5, 0.6) is 0 Å². The largest absolute Gasteiger partial charge is 0.416 e. The Hall–Kier alpha value is -1.96. The Balaban J connectivity index is 1.86. The van der Waals surface area contributed by atoms with Crippen LogP contribution in [-0.2, 0) is 15.8 Å². The van der Waals surface area contributed by atoms with E-state index in [-0.39, 0.29) is 29.7 Å². The van der Waals surface area contributed by atoms with Crippen LogP contribution in [-0.4, -0.2) is 41.6 Å². The second-order valence-electron chi connectivity index (χ2n) is 6.74. The number of carbonyl (C=O) groups is 2. The Kier molecular flexibility index (Phi) is 5.83. The number of hydrogen-bond donors (Lipinski definition) is 1. The number of carbonyl (C=O) groups excluding carboxylic acids is 2. The number of nitrogens with zero attached hydrogens (tertiary/aromatic N) is 1. The van der Waals surface area contributed by atoms with Crippen molar-refractivity contribution < 1.29 is 22.8 Å². The highest BCUT2D eigenvalue weighted by molar-refractivity contribution is 8.04. The Morgan fingerprint density at radius 1 is 1.26 bits per heavy atom. The third-order valence-corrected chi connectivity index (χ3v) is 6.35. The fourth-order valence-electron chi connectivity index (χ4n) is 3.52. The lowest BCUT2D eigenvalue weighted by atomic mass is 9.93. The zero-order chi connectivity index (χ0) is 19.6. The molecule has 4 nitrogen and oxygen atoms in total. The fraction of sp³-hybridized carbons (Fsp3) is 0.474. The lowest BCUT2D eigenvalue weighted by Crippen LogP contribution is -2.54. The van der Waals surface area contributed by atoms with E-state index >= 15 is 0 Å². The van der Waals surface area contributed by atoms with Crippen molar-refractivity contribution in [2.45, 2.75) is 43.2 Å². The van der Waals surface area contributed by atoms with E-state index in [1.807, 2.05) is 0 Å². The number of halogens is 3. The molecule has 1 saturated heterocycles. The molecule has 0 aromatic heterocycles. The maximum atomic E-state index is 12.9. The molecular weight excluding hydrogens is 377 g/mol. The van der Waals surface area contributed by atoms with Gasteiger partial charge in [-0.25, -0.2) is 0 Å². The van der Waals surface area contributed by atoms with Gasteiger partial charge in [-0.3, -0.25) is 9.59 Å². The van der Waals surface area contributed by atoms with E-state index in [9.17, 15) is 22.8 Å². The van der Waals surface area contributed by atoms with Gasteiger partial charge < -0.3 is 10.2 Å². The van der Waals surface area contributed by atoms with Crippen molar-refractivity contribution in [3.8, 4) is 0 Å². The van der Waals surface area contributed by atoms with Crippen LogP contribution in [0.25, 0.3) is 6.08 Å². The Morgan fingerprint density at radius 2 is 1.93 bits per heavy atom. The first kappa shape index (κ1) is 19.8. The van der Waals surface area contributed by atoms with E-state index in [0.717, 1.165) is 37.8 Å². The molecule has 1 N–H and O–H groups in total.